The van der Waals surface area contributed by atoms with Crippen molar-refractivity contribution in [3.63, 3.8) is 0 Å². The van der Waals surface area contributed by atoms with E-state index >= 15 is 0 Å². The number of anilines is 1. The Morgan fingerprint density at radius 1 is 1.48 bits per heavy atom. The van der Waals surface area contributed by atoms with E-state index in [-0.39, 0.29) is 12.1 Å². The topological polar surface area (TPSA) is 75.2 Å². The van der Waals surface area contributed by atoms with Gasteiger partial charge in [0.15, 0.2) is 0 Å². The Kier molecular flexibility index (Phi) is 3.74. The van der Waals surface area contributed by atoms with Crippen LogP contribution in [0.2, 0.25) is 0 Å². The maximum Gasteiger partial charge on any atom is 0.103 e. The highest BCUT2D eigenvalue weighted by Gasteiger charge is 2.26. The largest absolute Gasteiger partial charge is 0.373 e. The molecule has 2 aromatic rings. The molecule has 5 heteroatoms. The van der Waals surface area contributed by atoms with Gasteiger partial charge in [-0.15, -0.1) is 0 Å². The fraction of sp³-hybridized carbons (Fsp3) is 0.375. The predicted octanol–water partition coefficient (Wildman–Crippen LogP) is 1.66. The minimum atomic E-state index is -0.0357. The number of rotatable bonds is 2. The molecular weight excluding hydrogens is 264 g/mol. The Morgan fingerprint density at radius 3 is 3.05 bits per heavy atom. The number of nitriles is 1. The Bertz CT molecular complexity index is 692. The van der Waals surface area contributed by atoms with Crippen LogP contribution in [0.15, 0.2) is 30.5 Å². The van der Waals surface area contributed by atoms with Crippen LogP contribution in [0.1, 0.15) is 12.5 Å². The van der Waals surface area contributed by atoms with Gasteiger partial charge in [0, 0.05) is 30.7 Å². The molecular formula is C16H18N4O. The van der Waals surface area contributed by atoms with Gasteiger partial charge < -0.3 is 15.4 Å². The Morgan fingerprint density at radius 2 is 2.29 bits per heavy atom. The summed E-state index contributed by atoms with van der Waals surface area (Å²) in [6.07, 6.45) is 1.63. The molecule has 2 N–H and O–H groups in total. The summed E-state index contributed by atoms with van der Waals surface area (Å²) in [5.41, 5.74) is 8.40. The number of nitrogens with zero attached hydrogens (tertiary/aromatic N) is 3. The van der Waals surface area contributed by atoms with Crippen molar-refractivity contribution in [3.05, 3.63) is 36.0 Å². The molecule has 1 aromatic carbocycles. The van der Waals surface area contributed by atoms with E-state index in [9.17, 15) is 5.26 Å². The van der Waals surface area contributed by atoms with Crippen LogP contribution in [0.4, 0.5) is 5.69 Å². The standard InChI is InChI=1S/C16H18N4O/c1-11(18)15-10-20(6-7-21-15)16-12(8-17)9-19-14-5-3-2-4-13(14)16/h2-5,9,11,15H,6-7,10,18H2,1H3. The van der Waals surface area contributed by atoms with Gasteiger partial charge in [0.25, 0.3) is 0 Å². The second-order valence-electron chi connectivity index (χ2n) is 5.36. The average molecular weight is 282 g/mol. The van der Waals surface area contributed by atoms with Crippen LogP contribution < -0.4 is 10.6 Å². The Hall–Kier alpha value is -2.16. The summed E-state index contributed by atoms with van der Waals surface area (Å²) in [7, 11) is 0. The van der Waals surface area contributed by atoms with Crippen molar-refractivity contribution in [1.29, 1.82) is 5.26 Å². The smallest absolute Gasteiger partial charge is 0.103 e. The molecule has 2 atom stereocenters. The SMILES string of the molecule is CC(N)C1CN(c2c(C#N)cnc3ccccc23)CCO1. The maximum atomic E-state index is 9.41. The van der Waals surface area contributed by atoms with Gasteiger partial charge in [-0.2, -0.15) is 5.26 Å². The highest BCUT2D eigenvalue weighted by Crippen LogP contribution is 2.30. The van der Waals surface area contributed by atoms with Crippen LogP contribution in [0.3, 0.4) is 0 Å². The lowest BCUT2D eigenvalue weighted by Crippen LogP contribution is -2.49. The third-order valence-corrected chi connectivity index (χ3v) is 3.86. The van der Waals surface area contributed by atoms with Crippen molar-refractivity contribution in [2.75, 3.05) is 24.6 Å². The summed E-state index contributed by atoms with van der Waals surface area (Å²) in [4.78, 5) is 6.55. The van der Waals surface area contributed by atoms with Crippen molar-refractivity contribution in [2.45, 2.75) is 19.1 Å². The summed E-state index contributed by atoms with van der Waals surface area (Å²) in [5, 5.41) is 10.4. The van der Waals surface area contributed by atoms with Gasteiger partial charge in [-0.3, -0.25) is 4.98 Å². The van der Waals surface area contributed by atoms with E-state index in [1.54, 1.807) is 6.20 Å². The first-order valence-corrected chi connectivity index (χ1v) is 7.10. The lowest BCUT2D eigenvalue weighted by atomic mass is 10.1. The number of ether oxygens (including phenoxy) is 1. The fourth-order valence-electron chi connectivity index (χ4n) is 2.75. The highest BCUT2D eigenvalue weighted by molar-refractivity contribution is 5.94. The van der Waals surface area contributed by atoms with Gasteiger partial charge in [-0.1, -0.05) is 18.2 Å². The highest BCUT2D eigenvalue weighted by atomic mass is 16.5. The van der Waals surface area contributed by atoms with Gasteiger partial charge in [-0.05, 0) is 13.0 Å². The summed E-state index contributed by atoms with van der Waals surface area (Å²) in [6.45, 7) is 4.02. The first-order valence-electron chi connectivity index (χ1n) is 7.10. The zero-order valence-corrected chi connectivity index (χ0v) is 12.0. The van der Waals surface area contributed by atoms with Gasteiger partial charge in [0.05, 0.1) is 29.5 Å². The second kappa shape index (κ2) is 5.68. The van der Waals surface area contributed by atoms with Gasteiger partial charge in [0.1, 0.15) is 6.07 Å². The monoisotopic (exact) mass is 282 g/mol. The minimum Gasteiger partial charge on any atom is -0.373 e. The molecule has 0 bridgehead atoms. The van der Waals surface area contributed by atoms with Crippen LogP contribution in [-0.2, 0) is 4.74 Å². The molecule has 1 aliphatic rings. The number of benzene rings is 1. The van der Waals surface area contributed by atoms with Crippen LogP contribution in [-0.4, -0.2) is 36.8 Å². The van der Waals surface area contributed by atoms with Crippen molar-refractivity contribution < 1.29 is 4.74 Å². The van der Waals surface area contributed by atoms with Crippen molar-refractivity contribution >= 4 is 16.6 Å². The third-order valence-electron chi connectivity index (χ3n) is 3.86. The number of aromatic nitrogens is 1. The van der Waals surface area contributed by atoms with E-state index in [1.807, 2.05) is 31.2 Å². The first-order chi connectivity index (χ1) is 10.2. The number of hydrogen-bond acceptors (Lipinski definition) is 5. The molecule has 5 nitrogen and oxygen atoms in total. The average Bonchev–Trinajstić information content (AvgIpc) is 2.53. The summed E-state index contributed by atoms with van der Waals surface area (Å²) in [5.74, 6) is 0. The zero-order chi connectivity index (χ0) is 14.8. The quantitative estimate of drug-likeness (QED) is 0.906. The lowest BCUT2D eigenvalue weighted by Gasteiger charge is -2.37. The molecule has 1 fully saturated rings. The molecule has 0 saturated carbocycles. The fourth-order valence-corrected chi connectivity index (χ4v) is 2.75. The third kappa shape index (κ3) is 2.56. The van der Waals surface area contributed by atoms with Crippen molar-refractivity contribution in [3.8, 4) is 6.07 Å². The van der Waals surface area contributed by atoms with E-state index in [1.165, 1.54) is 0 Å². The van der Waals surface area contributed by atoms with Crippen LogP contribution in [0, 0.1) is 11.3 Å². The number of hydrogen-bond donors (Lipinski definition) is 1. The number of nitrogens with two attached hydrogens (primary N) is 1. The molecule has 3 rings (SSSR count). The van der Waals surface area contributed by atoms with Gasteiger partial charge in [-0.25, -0.2) is 0 Å². The number of pyridine rings is 1. The normalized spacial score (nSPS) is 20.2. The molecule has 108 valence electrons. The van der Waals surface area contributed by atoms with E-state index in [0.29, 0.717) is 18.7 Å². The predicted molar refractivity (Wildman–Crippen MR) is 82.1 cm³/mol. The first kappa shape index (κ1) is 13.8. The van der Waals surface area contributed by atoms with Crippen LogP contribution in [0.25, 0.3) is 10.9 Å². The molecule has 1 aliphatic heterocycles. The van der Waals surface area contributed by atoms with Crippen molar-refractivity contribution in [2.24, 2.45) is 5.73 Å². The molecule has 2 unspecified atom stereocenters. The molecule has 1 aromatic heterocycles. The molecule has 1 saturated heterocycles. The summed E-state index contributed by atoms with van der Waals surface area (Å²) < 4.78 is 5.71. The molecule has 0 amide bonds. The lowest BCUT2D eigenvalue weighted by molar-refractivity contribution is 0.0277. The van der Waals surface area contributed by atoms with E-state index in [0.717, 1.165) is 23.1 Å². The zero-order valence-electron chi connectivity index (χ0n) is 12.0. The summed E-state index contributed by atoms with van der Waals surface area (Å²) >= 11 is 0. The minimum absolute atomic E-state index is 0.0165. The van der Waals surface area contributed by atoms with Gasteiger partial charge in [0.2, 0.25) is 0 Å². The van der Waals surface area contributed by atoms with E-state index in [4.69, 9.17) is 10.5 Å². The Labute approximate surface area is 123 Å². The molecule has 0 spiro atoms. The molecule has 21 heavy (non-hydrogen) atoms. The van der Waals surface area contributed by atoms with E-state index in [2.05, 4.69) is 16.0 Å². The second-order valence-corrected chi connectivity index (χ2v) is 5.36. The number of fused-ring (bicyclic) bond motifs is 1. The van der Waals surface area contributed by atoms with Gasteiger partial charge >= 0.3 is 0 Å². The van der Waals surface area contributed by atoms with Crippen LogP contribution in [0.5, 0.6) is 0 Å². The van der Waals surface area contributed by atoms with E-state index < -0.39 is 0 Å². The molecule has 0 radical (unpaired) electrons. The molecule has 0 aliphatic carbocycles. The van der Waals surface area contributed by atoms with Crippen LogP contribution >= 0.6 is 0 Å². The Balaban J connectivity index is 2.08. The van der Waals surface area contributed by atoms with Crippen molar-refractivity contribution in [1.82, 2.24) is 4.98 Å². The maximum absolute atomic E-state index is 9.41. The molecule has 2 heterocycles. The number of morpholine rings is 1. The summed E-state index contributed by atoms with van der Waals surface area (Å²) in [6, 6.07) is 10.1. The number of para-hydroxylation sites is 1.